The number of hydrogen-bond donors (Lipinski definition) is 1. The molecule has 0 aliphatic heterocycles. The molecule has 6 nitrogen and oxygen atoms in total. The van der Waals surface area contributed by atoms with Crippen LogP contribution >= 0.6 is 0 Å². The second-order valence-corrected chi connectivity index (χ2v) is 5.52. The van der Waals surface area contributed by atoms with Crippen molar-refractivity contribution in [2.24, 2.45) is 5.92 Å². The highest BCUT2D eigenvalue weighted by molar-refractivity contribution is 6.14. The molecule has 0 aliphatic carbocycles. The fourth-order valence-corrected chi connectivity index (χ4v) is 2.28. The summed E-state index contributed by atoms with van der Waals surface area (Å²) in [7, 11) is 1.51. The van der Waals surface area contributed by atoms with E-state index in [2.05, 4.69) is 5.32 Å². The maximum atomic E-state index is 12.3. The third-order valence-corrected chi connectivity index (χ3v) is 3.64. The van der Waals surface area contributed by atoms with Crippen molar-refractivity contribution < 1.29 is 19.1 Å². The molecule has 0 saturated heterocycles. The summed E-state index contributed by atoms with van der Waals surface area (Å²) in [6, 6.07) is 15.6. The van der Waals surface area contributed by atoms with Crippen LogP contribution in [0, 0.1) is 17.2 Å². The van der Waals surface area contributed by atoms with Crippen molar-refractivity contribution in [3.05, 3.63) is 60.2 Å². The van der Waals surface area contributed by atoms with Crippen molar-refractivity contribution in [3.8, 4) is 17.6 Å². The summed E-state index contributed by atoms with van der Waals surface area (Å²) in [4.78, 5) is 24.5. The van der Waals surface area contributed by atoms with Crippen molar-refractivity contribution >= 4 is 23.5 Å². The number of benzene rings is 2. The first-order valence-corrected chi connectivity index (χ1v) is 8.36. The van der Waals surface area contributed by atoms with Crippen LogP contribution in [0.4, 0.5) is 5.69 Å². The SMILES string of the molecule is CCOc1ccc(/C=C/C(=O)C(C#N)C(=O)Nc2cccc(OC)c2)cc1. The van der Waals surface area contributed by atoms with Crippen molar-refractivity contribution in [3.63, 3.8) is 0 Å². The molecular weight excluding hydrogens is 344 g/mol. The number of allylic oxidation sites excluding steroid dienone is 1. The Hall–Kier alpha value is -3.59. The van der Waals surface area contributed by atoms with Crippen LogP contribution in [-0.2, 0) is 9.59 Å². The number of nitrogens with zero attached hydrogens (tertiary/aromatic N) is 1. The van der Waals surface area contributed by atoms with E-state index < -0.39 is 17.6 Å². The van der Waals surface area contributed by atoms with Gasteiger partial charge in [-0.1, -0.05) is 24.3 Å². The molecule has 2 aromatic rings. The van der Waals surface area contributed by atoms with Crippen LogP contribution in [0.25, 0.3) is 6.08 Å². The van der Waals surface area contributed by atoms with Crippen LogP contribution in [0.2, 0.25) is 0 Å². The highest BCUT2D eigenvalue weighted by Gasteiger charge is 2.24. The van der Waals surface area contributed by atoms with E-state index in [-0.39, 0.29) is 0 Å². The number of ketones is 1. The molecule has 0 spiro atoms. The lowest BCUT2D eigenvalue weighted by Gasteiger charge is -2.09. The van der Waals surface area contributed by atoms with Crippen molar-refractivity contribution in [2.45, 2.75) is 6.92 Å². The normalized spacial score (nSPS) is 11.4. The molecule has 1 amide bonds. The van der Waals surface area contributed by atoms with E-state index in [0.717, 1.165) is 11.3 Å². The molecule has 0 heterocycles. The van der Waals surface area contributed by atoms with Gasteiger partial charge in [0.2, 0.25) is 5.91 Å². The van der Waals surface area contributed by atoms with Crippen molar-refractivity contribution in [1.82, 2.24) is 0 Å². The Labute approximate surface area is 158 Å². The summed E-state index contributed by atoms with van der Waals surface area (Å²) in [6.07, 6.45) is 2.79. The lowest BCUT2D eigenvalue weighted by atomic mass is 10.0. The monoisotopic (exact) mass is 364 g/mol. The summed E-state index contributed by atoms with van der Waals surface area (Å²) in [6.45, 7) is 2.46. The third kappa shape index (κ3) is 5.72. The Bertz CT molecular complexity index is 866. The average molecular weight is 364 g/mol. The van der Waals surface area contributed by atoms with Crippen LogP contribution in [0.1, 0.15) is 12.5 Å². The first-order chi connectivity index (χ1) is 13.1. The Balaban J connectivity index is 2.03. The van der Waals surface area contributed by atoms with Gasteiger partial charge in [0.1, 0.15) is 11.5 Å². The third-order valence-electron chi connectivity index (χ3n) is 3.64. The Kier molecular flexibility index (Phi) is 7.15. The lowest BCUT2D eigenvalue weighted by Crippen LogP contribution is -2.27. The minimum atomic E-state index is -1.44. The molecule has 0 aliphatic rings. The quantitative estimate of drug-likeness (QED) is 0.572. The minimum absolute atomic E-state index is 0.447. The number of carbonyl (C=O) groups is 2. The smallest absolute Gasteiger partial charge is 0.249 e. The predicted molar refractivity (Wildman–Crippen MR) is 102 cm³/mol. The summed E-state index contributed by atoms with van der Waals surface area (Å²) >= 11 is 0. The van der Waals surface area contributed by atoms with Crippen LogP contribution in [0.5, 0.6) is 11.5 Å². The molecule has 0 radical (unpaired) electrons. The molecule has 2 rings (SSSR count). The number of methoxy groups -OCH3 is 1. The van der Waals surface area contributed by atoms with E-state index in [0.29, 0.717) is 18.0 Å². The number of nitrogens with one attached hydrogen (secondary N) is 1. The number of carbonyl (C=O) groups excluding carboxylic acids is 2. The molecule has 0 saturated carbocycles. The Morgan fingerprint density at radius 3 is 2.56 bits per heavy atom. The lowest BCUT2D eigenvalue weighted by molar-refractivity contribution is -0.126. The number of ether oxygens (including phenoxy) is 2. The van der Waals surface area contributed by atoms with E-state index in [1.807, 2.05) is 6.92 Å². The fourth-order valence-electron chi connectivity index (χ4n) is 2.28. The van der Waals surface area contributed by atoms with Gasteiger partial charge in [-0.2, -0.15) is 5.26 Å². The second kappa shape index (κ2) is 9.78. The van der Waals surface area contributed by atoms with E-state index in [1.54, 1.807) is 60.7 Å². The molecule has 0 bridgehead atoms. The van der Waals surface area contributed by atoms with Crippen LogP contribution in [-0.4, -0.2) is 25.4 Å². The molecule has 0 aromatic heterocycles. The van der Waals surface area contributed by atoms with Gasteiger partial charge in [-0.15, -0.1) is 0 Å². The highest BCUT2D eigenvalue weighted by Crippen LogP contribution is 2.18. The number of anilines is 1. The zero-order valence-electron chi connectivity index (χ0n) is 15.1. The van der Waals surface area contributed by atoms with E-state index in [9.17, 15) is 14.9 Å². The molecule has 1 atom stereocenters. The van der Waals surface area contributed by atoms with Gasteiger partial charge in [0.15, 0.2) is 11.7 Å². The van der Waals surface area contributed by atoms with Gasteiger partial charge in [0.05, 0.1) is 19.8 Å². The predicted octanol–water partition coefficient (Wildman–Crippen LogP) is 3.45. The van der Waals surface area contributed by atoms with E-state index in [4.69, 9.17) is 9.47 Å². The molecular formula is C21H20N2O4. The second-order valence-electron chi connectivity index (χ2n) is 5.52. The van der Waals surface area contributed by atoms with Gasteiger partial charge in [-0.25, -0.2) is 0 Å². The largest absolute Gasteiger partial charge is 0.497 e. The Morgan fingerprint density at radius 2 is 1.93 bits per heavy atom. The van der Waals surface area contributed by atoms with Crippen LogP contribution in [0.15, 0.2) is 54.6 Å². The van der Waals surface area contributed by atoms with Gasteiger partial charge < -0.3 is 14.8 Å². The first kappa shape index (κ1) is 19.7. The van der Waals surface area contributed by atoms with Gasteiger partial charge in [-0.3, -0.25) is 9.59 Å². The van der Waals surface area contributed by atoms with Crippen molar-refractivity contribution in [1.29, 1.82) is 5.26 Å². The minimum Gasteiger partial charge on any atom is -0.497 e. The topological polar surface area (TPSA) is 88.4 Å². The van der Waals surface area contributed by atoms with Gasteiger partial charge >= 0.3 is 0 Å². The highest BCUT2D eigenvalue weighted by atomic mass is 16.5. The zero-order chi connectivity index (χ0) is 19.6. The average Bonchev–Trinajstić information content (AvgIpc) is 2.68. The molecule has 1 N–H and O–H groups in total. The van der Waals surface area contributed by atoms with E-state index >= 15 is 0 Å². The number of nitriles is 1. The van der Waals surface area contributed by atoms with Gasteiger partial charge in [0, 0.05) is 11.8 Å². The number of amides is 1. The maximum absolute atomic E-state index is 12.3. The first-order valence-electron chi connectivity index (χ1n) is 8.36. The standard InChI is InChI=1S/C21H20N2O4/c1-3-27-17-10-7-15(8-11-17)9-12-20(24)19(14-22)21(25)23-16-5-4-6-18(13-16)26-2/h4-13,19H,3H2,1-2H3,(H,23,25)/b12-9+. The summed E-state index contributed by atoms with van der Waals surface area (Å²) in [5.41, 5.74) is 1.21. The van der Waals surface area contributed by atoms with Gasteiger partial charge in [-0.05, 0) is 42.8 Å². The summed E-state index contributed by atoms with van der Waals surface area (Å²) in [5.74, 6) is -1.43. The Morgan fingerprint density at radius 1 is 1.19 bits per heavy atom. The maximum Gasteiger partial charge on any atom is 0.249 e. The number of hydrogen-bond acceptors (Lipinski definition) is 5. The number of rotatable bonds is 8. The van der Waals surface area contributed by atoms with Gasteiger partial charge in [0.25, 0.3) is 0 Å². The van der Waals surface area contributed by atoms with Crippen molar-refractivity contribution in [2.75, 3.05) is 19.0 Å². The molecule has 6 heteroatoms. The fraction of sp³-hybridized carbons (Fsp3) is 0.190. The van der Waals surface area contributed by atoms with E-state index in [1.165, 1.54) is 13.2 Å². The van der Waals surface area contributed by atoms with Crippen LogP contribution < -0.4 is 14.8 Å². The molecule has 27 heavy (non-hydrogen) atoms. The molecule has 1 unspecified atom stereocenters. The van der Waals surface area contributed by atoms with Crippen LogP contribution in [0.3, 0.4) is 0 Å². The molecule has 0 fully saturated rings. The summed E-state index contributed by atoms with van der Waals surface area (Å²) < 4.78 is 10.4. The zero-order valence-corrected chi connectivity index (χ0v) is 15.1. The summed E-state index contributed by atoms with van der Waals surface area (Å²) in [5, 5.41) is 11.8. The molecule has 2 aromatic carbocycles. The molecule has 138 valence electrons.